The van der Waals surface area contributed by atoms with Crippen molar-refractivity contribution in [1.29, 1.82) is 0 Å². The first-order chi connectivity index (χ1) is 11.9. The largest absolute Gasteiger partial charge is 0.495 e. The van der Waals surface area contributed by atoms with Crippen molar-refractivity contribution >= 4 is 34.6 Å². The van der Waals surface area contributed by atoms with E-state index in [0.29, 0.717) is 10.1 Å². The van der Waals surface area contributed by atoms with Crippen molar-refractivity contribution in [2.24, 2.45) is 0 Å². The second kappa shape index (κ2) is 7.10. The second-order valence-corrected chi connectivity index (χ2v) is 7.44. The molecule has 25 heavy (non-hydrogen) atoms. The molecular weight excluding hydrogens is 356 g/mol. The molecule has 0 unspecified atom stereocenters. The van der Waals surface area contributed by atoms with Gasteiger partial charge in [0.25, 0.3) is 0 Å². The number of methoxy groups -OCH3 is 1. The first kappa shape index (κ1) is 17.8. The van der Waals surface area contributed by atoms with Crippen molar-refractivity contribution in [1.82, 2.24) is 5.32 Å². The third-order valence-corrected chi connectivity index (χ3v) is 4.54. The van der Waals surface area contributed by atoms with Crippen molar-refractivity contribution in [2.45, 2.75) is 31.9 Å². The number of benzene rings is 2. The molecule has 0 aromatic heterocycles. The number of para-hydroxylation sites is 2. The Morgan fingerprint density at radius 3 is 2.80 bits per heavy atom. The van der Waals surface area contributed by atoms with Gasteiger partial charge in [0.05, 0.1) is 18.8 Å². The Hall–Kier alpha value is -1.98. The third kappa shape index (κ3) is 4.17. The number of thiocarbonyl (C=S) groups is 1. The minimum atomic E-state index is -0.293. The molecular formula is C19H21ClN2O2S. The molecule has 2 aromatic rings. The first-order valence-corrected chi connectivity index (χ1v) is 8.85. The molecule has 2 aromatic carbocycles. The predicted octanol–water partition coefficient (Wildman–Crippen LogP) is 4.94. The fraction of sp³-hybridized carbons (Fsp3) is 0.316. The van der Waals surface area contributed by atoms with Crippen molar-refractivity contribution in [3.8, 4) is 11.5 Å². The molecule has 0 bridgehead atoms. The molecule has 4 nitrogen and oxygen atoms in total. The molecule has 2 N–H and O–H groups in total. The lowest BCUT2D eigenvalue weighted by Crippen LogP contribution is -2.42. The molecule has 1 atom stereocenters. The monoisotopic (exact) mass is 376 g/mol. The maximum absolute atomic E-state index is 6.17. The van der Waals surface area contributed by atoms with Gasteiger partial charge in [-0.1, -0.05) is 23.7 Å². The van der Waals surface area contributed by atoms with Gasteiger partial charge in [-0.15, -0.1) is 0 Å². The zero-order chi connectivity index (χ0) is 18.0. The van der Waals surface area contributed by atoms with E-state index in [1.165, 1.54) is 0 Å². The second-order valence-electron chi connectivity index (χ2n) is 6.60. The highest BCUT2D eigenvalue weighted by Gasteiger charge is 2.34. The SMILES string of the molecule is COc1ccccc1NC(=S)N[C@@H]1CC(C)(C)Oc2ccc(Cl)cc21. The minimum Gasteiger partial charge on any atom is -0.495 e. The van der Waals surface area contributed by atoms with E-state index in [-0.39, 0.29) is 11.6 Å². The molecule has 132 valence electrons. The van der Waals surface area contributed by atoms with Crippen molar-refractivity contribution in [3.63, 3.8) is 0 Å². The van der Waals surface area contributed by atoms with Gasteiger partial charge < -0.3 is 20.1 Å². The molecule has 1 aliphatic rings. The zero-order valence-corrected chi connectivity index (χ0v) is 16.0. The normalized spacial score (nSPS) is 17.8. The molecule has 6 heteroatoms. The van der Waals surface area contributed by atoms with Crippen LogP contribution in [0.3, 0.4) is 0 Å². The number of fused-ring (bicyclic) bond motifs is 1. The Morgan fingerprint density at radius 1 is 1.28 bits per heavy atom. The Bertz CT molecular complexity index is 795. The summed E-state index contributed by atoms with van der Waals surface area (Å²) in [5.41, 5.74) is 1.54. The fourth-order valence-corrected chi connectivity index (χ4v) is 3.45. The lowest BCUT2D eigenvalue weighted by Gasteiger charge is -2.38. The number of rotatable bonds is 3. The summed E-state index contributed by atoms with van der Waals surface area (Å²) in [5, 5.41) is 7.79. The van der Waals surface area contributed by atoms with Gasteiger partial charge in [0, 0.05) is 17.0 Å². The zero-order valence-electron chi connectivity index (χ0n) is 14.4. The molecule has 0 saturated heterocycles. The van der Waals surface area contributed by atoms with Gasteiger partial charge in [-0.3, -0.25) is 0 Å². The third-order valence-electron chi connectivity index (χ3n) is 4.09. The molecule has 0 fully saturated rings. The van der Waals surface area contributed by atoms with E-state index in [4.69, 9.17) is 33.3 Å². The quantitative estimate of drug-likeness (QED) is 0.743. The van der Waals surface area contributed by atoms with Crippen LogP contribution in [-0.2, 0) is 0 Å². The number of halogens is 1. The molecule has 0 spiro atoms. The molecule has 0 aliphatic carbocycles. The summed E-state index contributed by atoms with van der Waals surface area (Å²) < 4.78 is 11.4. The van der Waals surface area contributed by atoms with Gasteiger partial charge in [-0.2, -0.15) is 0 Å². The van der Waals surface area contributed by atoms with Crippen LogP contribution in [0.1, 0.15) is 31.9 Å². The van der Waals surface area contributed by atoms with Crippen molar-refractivity contribution < 1.29 is 9.47 Å². The highest BCUT2D eigenvalue weighted by atomic mass is 35.5. The van der Waals surface area contributed by atoms with Crippen LogP contribution in [0, 0.1) is 0 Å². The lowest BCUT2D eigenvalue weighted by atomic mass is 9.90. The van der Waals surface area contributed by atoms with E-state index in [9.17, 15) is 0 Å². The molecule has 1 heterocycles. The van der Waals surface area contributed by atoms with Gasteiger partial charge in [0.2, 0.25) is 0 Å². The maximum Gasteiger partial charge on any atom is 0.171 e. The summed E-state index contributed by atoms with van der Waals surface area (Å²) in [5.74, 6) is 1.57. The Labute approximate surface area is 158 Å². The summed E-state index contributed by atoms with van der Waals surface area (Å²) in [4.78, 5) is 0. The van der Waals surface area contributed by atoms with E-state index < -0.39 is 0 Å². The summed E-state index contributed by atoms with van der Waals surface area (Å²) in [6.45, 7) is 4.13. The van der Waals surface area contributed by atoms with Gasteiger partial charge in [-0.05, 0) is 56.4 Å². The number of hydrogen-bond donors (Lipinski definition) is 2. The van der Waals surface area contributed by atoms with E-state index in [2.05, 4.69) is 24.5 Å². The first-order valence-electron chi connectivity index (χ1n) is 8.07. The van der Waals surface area contributed by atoms with Gasteiger partial charge in [-0.25, -0.2) is 0 Å². The number of hydrogen-bond acceptors (Lipinski definition) is 3. The van der Waals surface area contributed by atoms with Crippen LogP contribution in [0.15, 0.2) is 42.5 Å². The highest BCUT2D eigenvalue weighted by Crippen LogP contribution is 2.40. The smallest absolute Gasteiger partial charge is 0.171 e. The van der Waals surface area contributed by atoms with Gasteiger partial charge >= 0.3 is 0 Å². The maximum atomic E-state index is 6.17. The number of ether oxygens (including phenoxy) is 2. The van der Waals surface area contributed by atoms with E-state index in [0.717, 1.165) is 29.2 Å². The molecule has 1 aliphatic heterocycles. The van der Waals surface area contributed by atoms with Gasteiger partial charge in [0.15, 0.2) is 5.11 Å². The van der Waals surface area contributed by atoms with E-state index >= 15 is 0 Å². The Kier molecular flexibility index (Phi) is 5.06. The topological polar surface area (TPSA) is 42.5 Å². The van der Waals surface area contributed by atoms with E-state index in [1.807, 2.05) is 42.5 Å². The fourth-order valence-electron chi connectivity index (χ4n) is 3.02. The average Bonchev–Trinajstić information content (AvgIpc) is 2.55. The minimum absolute atomic E-state index is 0.00663. The summed E-state index contributed by atoms with van der Waals surface area (Å²) in [6, 6.07) is 13.3. The molecule has 0 saturated carbocycles. The van der Waals surface area contributed by atoms with Crippen LogP contribution >= 0.6 is 23.8 Å². The van der Waals surface area contributed by atoms with Crippen LogP contribution in [0.25, 0.3) is 0 Å². The van der Waals surface area contributed by atoms with Crippen LogP contribution in [-0.4, -0.2) is 17.8 Å². The van der Waals surface area contributed by atoms with Crippen molar-refractivity contribution in [2.75, 3.05) is 12.4 Å². The Morgan fingerprint density at radius 2 is 2.04 bits per heavy atom. The van der Waals surface area contributed by atoms with Gasteiger partial charge in [0.1, 0.15) is 17.1 Å². The Balaban J connectivity index is 1.80. The highest BCUT2D eigenvalue weighted by molar-refractivity contribution is 7.80. The number of nitrogens with one attached hydrogen (secondary N) is 2. The average molecular weight is 377 g/mol. The summed E-state index contributed by atoms with van der Waals surface area (Å²) in [6.07, 6.45) is 0.772. The van der Waals surface area contributed by atoms with Crippen LogP contribution in [0.4, 0.5) is 5.69 Å². The van der Waals surface area contributed by atoms with Crippen LogP contribution in [0.2, 0.25) is 5.02 Å². The van der Waals surface area contributed by atoms with Crippen molar-refractivity contribution in [3.05, 3.63) is 53.1 Å². The standard InChI is InChI=1S/C19H21ClN2O2S/c1-19(2)11-15(13-10-12(20)8-9-16(13)24-19)22-18(25)21-14-6-4-5-7-17(14)23-3/h4-10,15H,11H2,1-3H3,(H2,21,22,25)/t15-/m1/s1. The molecule has 3 rings (SSSR count). The van der Waals surface area contributed by atoms with E-state index in [1.54, 1.807) is 7.11 Å². The summed E-state index contributed by atoms with van der Waals surface area (Å²) >= 11 is 11.7. The molecule has 0 amide bonds. The number of anilines is 1. The van der Waals surface area contributed by atoms with Crippen LogP contribution in [0.5, 0.6) is 11.5 Å². The summed E-state index contributed by atoms with van der Waals surface area (Å²) in [7, 11) is 1.64. The molecule has 0 radical (unpaired) electrons. The predicted molar refractivity (Wildman–Crippen MR) is 106 cm³/mol. The van der Waals surface area contributed by atoms with Crippen LogP contribution < -0.4 is 20.1 Å². The lowest BCUT2D eigenvalue weighted by molar-refractivity contribution is 0.0697.